The SMILES string of the molecule is Cc1nn(-c2ccccc2)c(C)c1/C=N\NC(=O)CCn1c2c(c3ccccc31)CCCC2. The number of rotatable bonds is 6. The van der Waals surface area contributed by atoms with Gasteiger partial charge in [0.2, 0.25) is 5.91 Å². The van der Waals surface area contributed by atoms with Crippen molar-refractivity contribution in [1.82, 2.24) is 19.8 Å². The van der Waals surface area contributed by atoms with Gasteiger partial charge in [-0.1, -0.05) is 36.4 Å². The highest BCUT2D eigenvalue weighted by atomic mass is 16.2. The molecule has 2 heterocycles. The first-order chi connectivity index (χ1) is 16.1. The Morgan fingerprint density at radius 1 is 1.06 bits per heavy atom. The van der Waals surface area contributed by atoms with Gasteiger partial charge in [0.05, 0.1) is 23.3 Å². The van der Waals surface area contributed by atoms with Gasteiger partial charge in [-0.25, -0.2) is 10.1 Å². The molecule has 0 spiro atoms. The molecule has 2 aromatic heterocycles. The number of hydrogen-bond acceptors (Lipinski definition) is 3. The van der Waals surface area contributed by atoms with Crippen molar-refractivity contribution in [3.05, 3.63) is 82.8 Å². The fraction of sp³-hybridized carbons (Fsp3) is 0.296. The van der Waals surface area contributed by atoms with Crippen molar-refractivity contribution in [3.63, 3.8) is 0 Å². The van der Waals surface area contributed by atoms with Crippen molar-refractivity contribution in [2.24, 2.45) is 5.10 Å². The van der Waals surface area contributed by atoms with Crippen LogP contribution < -0.4 is 5.43 Å². The molecule has 5 rings (SSSR count). The first kappa shape index (κ1) is 21.2. The van der Waals surface area contributed by atoms with Crippen LogP contribution in [-0.4, -0.2) is 26.5 Å². The number of hydrazone groups is 1. The van der Waals surface area contributed by atoms with E-state index in [0.717, 1.165) is 35.5 Å². The van der Waals surface area contributed by atoms with Crippen molar-refractivity contribution < 1.29 is 4.79 Å². The average Bonchev–Trinajstić information content (AvgIpc) is 3.32. The van der Waals surface area contributed by atoms with Crippen LogP contribution >= 0.6 is 0 Å². The molecule has 1 amide bonds. The highest BCUT2D eigenvalue weighted by Gasteiger charge is 2.20. The lowest BCUT2D eigenvalue weighted by molar-refractivity contribution is -0.121. The summed E-state index contributed by atoms with van der Waals surface area (Å²) in [5, 5.41) is 10.2. The summed E-state index contributed by atoms with van der Waals surface area (Å²) in [7, 11) is 0. The maximum absolute atomic E-state index is 12.6. The van der Waals surface area contributed by atoms with E-state index in [0.29, 0.717) is 13.0 Å². The summed E-state index contributed by atoms with van der Waals surface area (Å²) in [6, 6.07) is 18.6. The fourth-order valence-corrected chi connectivity index (χ4v) is 4.94. The van der Waals surface area contributed by atoms with Crippen molar-refractivity contribution in [3.8, 4) is 5.69 Å². The number of carbonyl (C=O) groups is 1. The van der Waals surface area contributed by atoms with Crippen LogP contribution in [0.4, 0.5) is 0 Å². The predicted octanol–water partition coefficient (Wildman–Crippen LogP) is 4.86. The zero-order valence-corrected chi connectivity index (χ0v) is 19.2. The van der Waals surface area contributed by atoms with Gasteiger partial charge >= 0.3 is 0 Å². The van der Waals surface area contributed by atoms with E-state index in [-0.39, 0.29) is 5.91 Å². The molecule has 1 N–H and O–H groups in total. The third-order valence-electron chi connectivity index (χ3n) is 6.58. The highest BCUT2D eigenvalue weighted by molar-refractivity contribution is 5.87. The molecule has 0 saturated heterocycles. The van der Waals surface area contributed by atoms with Crippen molar-refractivity contribution >= 4 is 23.0 Å². The number of aromatic nitrogens is 3. The van der Waals surface area contributed by atoms with Gasteiger partial charge in [0.1, 0.15) is 0 Å². The van der Waals surface area contributed by atoms with Crippen LogP contribution in [0.1, 0.15) is 47.5 Å². The largest absolute Gasteiger partial charge is 0.344 e. The van der Waals surface area contributed by atoms with Gasteiger partial charge < -0.3 is 4.57 Å². The minimum Gasteiger partial charge on any atom is -0.344 e. The highest BCUT2D eigenvalue weighted by Crippen LogP contribution is 2.32. The van der Waals surface area contributed by atoms with E-state index in [1.165, 1.54) is 35.0 Å². The molecule has 0 radical (unpaired) electrons. The van der Waals surface area contributed by atoms with Crippen LogP contribution in [0.25, 0.3) is 16.6 Å². The summed E-state index contributed by atoms with van der Waals surface area (Å²) >= 11 is 0. The van der Waals surface area contributed by atoms with E-state index in [1.807, 2.05) is 48.9 Å². The Bertz CT molecular complexity index is 1330. The number of nitrogens with one attached hydrogen (secondary N) is 1. The zero-order valence-electron chi connectivity index (χ0n) is 19.2. The maximum Gasteiger partial charge on any atom is 0.241 e. The number of carbonyl (C=O) groups excluding carboxylic acids is 1. The van der Waals surface area contributed by atoms with Gasteiger partial charge in [0.15, 0.2) is 0 Å². The second kappa shape index (κ2) is 9.06. The van der Waals surface area contributed by atoms with E-state index in [1.54, 1.807) is 6.21 Å². The van der Waals surface area contributed by atoms with Crippen LogP contribution in [0, 0.1) is 13.8 Å². The van der Waals surface area contributed by atoms with E-state index in [9.17, 15) is 4.79 Å². The van der Waals surface area contributed by atoms with E-state index in [4.69, 9.17) is 0 Å². The summed E-state index contributed by atoms with van der Waals surface area (Å²) in [6.07, 6.45) is 6.78. The Labute approximate surface area is 193 Å². The normalized spacial score (nSPS) is 13.5. The van der Waals surface area contributed by atoms with E-state index >= 15 is 0 Å². The van der Waals surface area contributed by atoms with Gasteiger partial charge in [0.25, 0.3) is 0 Å². The molecule has 0 saturated carbocycles. The quantitative estimate of drug-likeness (QED) is 0.344. The Morgan fingerprint density at radius 2 is 1.82 bits per heavy atom. The molecule has 33 heavy (non-hydrogen) atoms. The van der Waals surface area contributed by atoms with Crippen molar-refractivity contribution in [1.29, 1.82) is 0 Å². The Balaban J connectivity index is 1.27. The van der Waals surface area contributed by atoms with Crippen molar-refractivity contribution in [2.45, 2.75) is 52.5 Å². The first-order valence-corrected chi connectivity index (χ1v) is 11.7. The number of nitrogens with zero attached hydrogens (tertiary/aromatic N) is 4. The van der Waals surface area contributed by atoms with Crippen LogP contribution in [0.5, 0.6) is 0 Å². The van der Waals surface area contributed by atoms with E-state index < -0.39 is 0 Å². The van der Waals surface area contributed by atoms with Gasteiger partial charge in [-0.15, -0.1) is 0 Å². The number of benzene rings is 2. The van der Waals surface area contributed by atoms with Crippen LogP contribution in [-0.2, 0) is 24.2 Å². The predicted molar refractivity (Wildman–Crippen MR) is 132 cm³/mol. The number of amides is 1. The minimum atomic E-state index is -0.0839. The average molecular weight is 440 g/mol. The summed E-state index contributed by atoms with van der Waals surface area (Å²) in [5.74, 6) is -0.0839. The molecule has 1 aliphatic carbocycles. The van der Waals surface area contributed by atoms with Crippen molar-refractivity contribution in [2.75, 3.05) is 0 Å². The lowest BCUT2D eigenvalue weighted by atomic mass is 9.95. The summed E-state index contributed by atoms with van der Waals surface area (Å²) in [5.41, 5.74) is 10.6. The molecule has 1 aliphatic rings. The van der Waals surface area contributed by atoms with Gasteiger partial charge in [-0.3, -0.25) is 4.79 Å². The molecular weight excluding hydrogens is 410 g/mol. The molecule has 0 bridgehead atoms. The molecule has 6 nitrogen and oxygen atoms in total. The summed E-state index contributed by atoms with van der Waals surface area (Å²) in [6.45, 7) is 4.63. The molecule has 0 unspecified atom stereocenters. The fourth-order valence-electron chi connectivity index (χ4n) is 4.94. The maximum atomic E-state index is 12.6. The number of aryl methyl sites for hydroxylation is 3. The monoisotopic (exact) mass is 439 g/mol. The third kappa shape index (κ3) is 4.09. The minimum absolute atomic E-state index is 0.0839. The smallest absolute Gasteiger partial charge is 0.241 e. The van der Waals surface area contributed by atoms with Crippen LogP contribution in [0.3, 0.4) is 0 Å². The second-order valence-corrected chi connectivity index (χ2v) is 8.68. The van der Waals surface area contributed by atoms with Crippen LogP contribution in [0.2, 0.25) is 0 Å². The Morgan fingerprint density at radius 3 is 2.67 bits per heavy atom. The van der Waals surface area contributed by atoms with Gasteiger partial charge in [0, 0.05) is 35.1 Å². The summed E-state index contributed by atoms with van der Waals surface area (Å²) in [4.78, 5) is 12.6. The second-order valence-electron chi connectivity index (χ2n) is 8.68. The topological polar surface area (TPSA) is 64.2 Å². The molecule has 6 heteroatoms. The molecule has 0 fully saturated rings. The molecule has 0 aliphatic heterocycles. The number of fused-ring (bicyclic) bond motifs is 3. The number of para-hydroxylation sites is 2. The standard InChI is InChI=1S/C27H29N5O/c1-19-24(20(2)32(30-19)21-10-4-3-5-11-21)18-28-29-27(33)16-17-31-25-14-8-6-12-22(25)23-13-7-9-15-26(23)31/h3-6,8,10-12,14,18H,7,9,13,15-17H2,1-2H3,(H,29,33)/b28-18-. The Kier molecular flexibility index (Phi) is 5.82. The molecule has 168 valence electrons. The lowest BCUT2D eigenvalue weighted by Crippen LogP contribution is -2.20. The number of hydrogen-bond donors (Lipinski definition) is 1. The van der Waals surface area contributed by atoms with Gasteiger partial charge in [-0.2, -0.15) is 10.2 Å². The Hall–Kier alpha value is -3.67. The third-order valence-corrected chi connectivity index (χ3v) is 6.58. The van der Waals surface area contributed by atoms with Crippen LogP contribution in [0.15, 0.2) is 59.7 Å². The molecule has 0 atom stereocenters. The molecular formula is C27H29N5O. The molecule has 4 aromatic rings. The zero-order chi connectivity index (χ0) is 22.8. The summed E-state index contributed by atoms with van der Waals surface area (Å²) < 4.78 is 4.24. The van der Waals surface area contributed by atoms with E-state index in [2.05, 4.69) is 44.5 Å². The van der Waals surface area contributed by atoms with Gasteiger partial charge in [-0.05, 0) is 63.3 Å². The molecule has 2 aromatic carbocycles. The lowest BCUT2D eigenvalue weighted by Gasteiger charge is -2.15. The first-order valence-electron chi connectivity index (χ1n) is 11.7.